The third-order valence-corrected chi connectivity index (χ3v) is 9.21. The first kappa shape index (κ1) is 35.9. The number of nitrogens with one attached hydrogen (secondary N) is 2. The van der Waals surface area contributed by atoms with Crippen LogP contribution < -0.4 is 15.5 Å². The van der Waals surface area contributed by atoms with E-state index in [0.29, 0.717) is 71.1 Å². The van der Waals surface area contributed by atoms with Crippen molar-refractivity contribution in [3.8, 4) is 0 Å². The molecule has 0 bridgehead atoms. The second-order valence-electron chi connectivity index (χ2n) is 12.3. The molecule has 0 saturated carbocycles. The Morgan fingerprint density at radius 3 is 1.65 bits per heavy atom. The van der Waals surface area contributed by atoms with Gasteiger partial charge in [0.05, 0.1) is 47.9 Å². The van der Waals surface area contributed by atoms with Gasteiger partial charge in [0.15, 0.2) is 11.3 Å². The van der Waals surface area contributed by atoms with Gasteiger partial charge in [-0.15, -0.1) is 0 Å². The number of nitrogens with two attached hydrogens (primary N) is 1. The average molecular weight is 716 g/mol. The number of nitrogen functional groups attached to an aromatic ring is 1. The van der Waals surface area contributed by atoms with Crippen LogP contribution in [0.15, 0.2) is 73.3 Å². The number of aliphatic hydroxyl groups is 1. The Hall–Kier alpha value is -5.90. The molecular weight excluding hydrogens is 678 g/mol. The number of nitrogens with zero attached hydrogens (tertiary/aromatic N) is 8. The van der Waals surface area contributed by atoms with Crippen LogP contribution >= 0.6 is 0 Å². The maximum absolute atomic E-state index is 14.2. The molecule has 2 aliphatic rings. The molecule has 0 spiro atoms. The first-order valence-corrected chi connectivity index (χ1v) is 16.3. The number of aromatic nitrogens is 6. The van der Waals surface area contributed by atoms with Gasteiger partial charge in [0, 0.05) is 36.6 Å². The lowest BCUT2D eigenvalue weighted by Gasteiger charge is -2.26. The maximum atomic E-state index is 14.2. The standard InChI is InChI=1S/C18H17F2N5O.C17H16F2N6.CH4/c19-11-3-4-14(20)12(8-11)16-2-1-6-24(16)17-5-7-25-18(23-17)13(9-22-25)15(21)10-26;18-10-3-4-13(19)11(8-10)14-2-1-6-24(14)15-5-7-25-17(23-15)12(9-22-25)16(20)21;/h3-5,7-9,16,21,26H,1-2,6,10H2;3-5,7-9,14H,1-2,6H2,(H3,20,21);1H4/t16-;14-;/m11./s1. The van der Waals surface area contributed by atoms with Gasteiger partial charge in [-0.25, -0.2) is 36.6 Å². The van der Waals surface area contributed by atoms with E-state index in [4.69, 9.17) is 16.6 Å². The SMILES string of the molecule is C.N=C(CO)c1cnn2ccc(N3CCC[C@@H]3c3cc(F)ccc3F)nc12.N=C(N)c1cnn2ccc(N3CCC[C@@H]3c3cc(F)ccc3F)nc12. The van der Waals surface area contributed by atoms with Gasteiger partial charge >= 0.3 is 0 Å². The quantitative estimate of drug-likeness (QED) is 0.0893. The molecule has 6 heterocycles. The molecule has 2 atom stereocenters. The van der Waals surface area contributed by atoms with Gasteiger partial charge in [0.1, 0.15) is 40.7 Å². The van der Waals surface area contributed by atoms with Crippen molar-refractivity contribution in [3.63, 3.8) is 0 Å². The van der Waals surface area contributed by atoms with Crippen LogP contribution in [0.3, 0.4) is 0 Å². The fourth-order valence-corrected chi connectivity index (χ4v) is 6.80. The summed E-state index contributed by atoms with van der Waals surface area (Å²) in [4.78, 5) is 13.0. The molecule has 0 radical (unpaired) electrons. The van der Waals surface area contributed by atoms with E-state index in [9.17, 15) is 22.7 Å². The van der Waals surface area contributed by atoms with Crippen LogP contribution in [0.1, 0.15) is 67.4 Å². The first-order valence-electron chi connectivity index (χ1n) is 16.3. The van der Waals surface area contributed by atoms with E-state index >= 15 is 0 Å². The second kappa shape index (κ2) is 14.8. The van der Waals surface area contributed by atoms with Gasteiger partial charge in [-0.2, -0.15) is 10.2 Å². The molecule has 5 N–H and O–H groups in total. The topological polar surface area (TPSA) is 161 Å². The Morgan fingerprint density at radius 1 is 0.731 bits per heavy atom. The minimum atomic E-state index is -0.467. The number of fused-ring (bicyclic) bond motifs is 2. The highest BCUT2D eigenvalue weighted by atomic mass is 19.1. The molecule has 8 rings (SSSR count). The summed E-state index contributed by atoms with van der Waals surface area (Å²) in [5.41, 5.74) is 8.05. The van der Waals surface area contributed by atoms with Crippen molar-refractivity contribution >= 4 is 34.5 Å². The molecule has 52 heavy (non-hydrogen) atoms. The van der Waals surface area contributed by atoms with Crippen molar-refractivity contribution in [3.05, 3.63) is 119 Å². The molecule has 12 nitrogen and oxygen atoms in total. The zero-order valence-electron chi connectivity index (χ0n) is 27.1. The molecule has 2 saturated heterocycles. The second-order valence-corrected chi connectivity index (χ2v) is 12.3. The van der Waals surface area contributed by atoms with E-state index in [-0.39, 0.29) is 31.1 Å². The van der Waals surface area contributed by atoms with E-state index in [1.165, 1.54) is 33.6 Å². The molecule has 0 aliphatic carbocycles. The Kier molecular flexibility index (Phi) is 10.2. The molecule has 4 aromatic heterocycles. The van der Waals surface area contributed by atoms with E-state index in [2.05, 4.69) is 20.2 Å². The Balaban J connectivity index is 0.000000175. The lowest BCUT2D eigenvalue weighted by molar-refractivity contribution is 0.357. The molecule has 270 valence electrons. The Bertz CT molecular complexity index is 2270. The van der Waals surface area contributed by atoms with Crippen LogP contribution in [-0.2, 0) is 0 Å². The fraction of sp³-hybridized carbons (Fsp3) is 0.278. The molecule has 2 aliphatic heterocycles. The molecular formula is C36H37F4N11O. The summed E-state index contributed by atoms with van der Waals surface area (Å²) in [7, 11) is 0. The van der Waals surface area contributed by atoms with Crippen LogP contribution in [0.2, 0.25) is 0 Å². The van der Waals surface area contributed by atoms with Crippen LogP contribution in [0, 0.1) is 34.1 Å². The summed E-state index contributed by atoms with van der Waals surface area (Å²) in [6.45, 7) is 0.951. The zero-order chi connectivity index (χ0) is 35.8. The highest BCUT2D eigenvalue weighted by Crippen LogP contribution is 2.38. The largest absolute Gasteiger partial charge is 0.390 e. The Labute approximate surface area is 296 Å². The molecule has 6 aromatic rings. The summed E-state index contributed by atoms with van der Waals surface area (Å²) >= 11 is 0. The van der Waals surface area contributed by atoms with Gasteiger partial charge in [-0.3, -0.25) is 5.41 Å². The monoisotopic (exact) mass is 715 g/mol. The highest BCUT2D eigenvalue weighted by Gasteiger charge is 2.31. The van der Waals surface area contributed by atoms with Crippen LogP contribution in [0.25, 0.3) is 11.3 Å². The number of anilines is 2. The summed E-state index contributed by atoms with van der Waals surface area (Å²) in [5.74, 6) is -0.663. The van der Waals surface area contributed by atoms with E-state index in [0.717, 1.165) is 37.1 Å². The third kappa shape index (κ3) is 6.76. The van der Waals surface area contributed by atoms with E-state index < -0.39 is 29.9 Å². The summed E-state index contributed by atoms with van der Waals surface area (Å²) in [6, 6.07) is 9.98. The average Bonchev–Trinajstić information content (AvgIpc) is 3.95. The normalized spacial score (nSPS) is 16.9. The molecule has 0 amide bonds. The fourth-order valence-electron chi connectivity index (χ4n) is 6.80. The lowest BCUT2D eigenvalue weighted by atomic mass is 10.0. The summed E-state index contributed by atoms with van der Waals surface area (Å²) in [6.07, 6.45) is 9.52. The van der Waals surface area contributed by atoms with Crippen molar-refractivity contribution < 1.29 is 22.7 Å². The number of hydrogen-bond acceptors (Lipinski definition) is 9. The van der Waals surface area contributed by atoms with Gasteiger partial charge < -0.3 is 26.0 Å². The number of rotatable bonds is 7. The zero-order valence-corrected chi connectivity index (χ0v) is 27.1. The predicted octanol–water partition coefficient (Wildman–Crippen LogP) is 5.98. The van der Waals surface area contributed by atoms with Crippen molar-refractivity contribution in [2.45, 2.75) is 45.2 Å². The van der Waals surface area contributed by atoms with Crippen LogP contribution in [-0.4, -0.2) is 65.5 Å². The van der Waals surface area contributed by atoms with Gasteiger partial charge in [-0.1, -0.05) is 7.43 Å². The van der Waals surface area contributed by atoms with Crippen molar-refractivity contribution in [2.75, 3.05) is 29.5 Å². The van der Waals surface area contributed by atoms with Gasteiger partial charge in [0.25, 0.3) is 0 Å². The summed E-state index contributed by atoms with van der Waals surface area (Å²) in [5, 5.41) is 32.9. The molecule has 2 fully saturated rings. The van der Waals surface area contributed by atoms with Gasteiger partial charge in [-0.05, 0) is 74.2 Å². The number of aliphatic hydroxyl groups excluding tert-OH is 1. The third-order valence-electron chi connectivity index (χ3n) is 9.21. The number of hydrogen-bond donors (Lipinski definition) is 4. The number of amidine groups is 1. The lowest BCUT2D eigenvalue weighted by Crippen LogP contribution is -2.24. The highest BCUT2D eigenvalue weighted by molar-refractivity contribution is 6.04. The van der Waals surface area contributed by atoms with Crippen molar-refractivity contribution in [1.29, 1.82) is 10.8 Å². The Morgan fingerprint density at radius 2 is 1.19 bits per heavy atom. The minimum absolute atomic E-state index is 0. The molecule has 16 heteroatoms. The van der Waals surface area contributed by atoms with Crippen LogP contribution in [0.5, 0.6) is 0 Å². The van der Waals surface area contributed by atoms with Crippen LogP contribution in [0.4, 0.5) is 29.2 Å². The summed E-state index contributed by atoms with van der Waals surface area (Å²) < 4.78 is 58.7. The maximum Gasteiger partial charge on any atom is 0.168 e. The number of halogens is 4. The first-order chi connectivity index (χ1) is 24.6. The molecule has 2 aromatic carbocycles. The van der Waals surface area contributed by atoms with E-state index in [1.54, 1.807) is 24.5 Å². The van der Waals surface area contributed by atoms with Crippen molar-refractivity contribution in [1.82, 2.24) is 29.2 Å². The van der Waals surface area contributed by atoms with E-state index in [1.807, 2.05) is 9.80 Å². The smallest absolute Gasteiger partial charge is 0.168 e. The number of benzene rings is 2. The minimum Gasteiger partial charge on any atom is -0.390 e. The predicted molar refractivity (Wildman–Crippen MR) is 189 cm³/mol. The van der Waals surface area contributed by atoms with Crippen molar-refractivity contribution in [2.24, 2.45) is 5.73 Å². The molecule has 0 unspecified atom stereocenters. The van der Waals surface area contributed by atoms with Gasteiger partial charge in [0.2, 0.25) is 0 Å².